The van der Waals surface area contributed by atoms with Gasteiger partial charge in [-0.25, -0.2) is 0 Å². The Morgan fingerprint density at radius 3 is 1.21 bits per heavy atom. The fourth-order valence-electron chi connectivity index (χ4n) is 3.48. The molecular weight excluding hydrogens is 352 g/mol. The quantitative estimate of drug-likeness (QED) is 0.394. The first-order valence-electron chi connectivity index (χ1n) is 10.1. The Balaban J connectivity index is 2.18. The fourth-order valence-corrected chi connectivity index (χ4v) is 3.48. The first-order chi connectivity index (χ1) is 13.5. The first kappa shape index (κ1) is 21.7. The highest BCUT2D eigenvalue weighted by Gasteiger charge is 2.22. The van der Waals surface area contributed by atoms with E-state index in [1.54, 1.807) is 13.8 Å². The van der Waals surface area contributed by atoms with Gasteiger partial charge >= 0.3 is 11.9 Å². The smallest absolute Gasteiger partial charge is 0.310 e. The summed E-state index contributed by atoms with van der Waals surface area (Å²) in [7, 11) is 0. The van der Waals surface area contributed by atoms with Crippen molar-refractivity contribution in [1.82, 2.24) is 0 Å². The van der Waals surface area contributed by atoms with Gasteiger partial charge in [0.2, 0.25) is 0 Å². The molecule has 2 aromatic carbocycles. The normalized spacial score (nSPS) is 12.9. The number of carbonyl (C=O) groups excluding carboxylic acids is 2. The van der Waals surface area contributed by atoms with Crippen LogP contribution >= 0.6 is 0 Å². The van der Waals surface area contributed by atoms with Gasteiger partial charge in [-0.1, -0.05) is 52.0 Å². The zero-order valence-electron chi connectivity index (χ0n) is 17.2. The maximum atomic E-state index is 11.5. The molecule has 0 bridgehead atoms. The highest BCUT2D eigenvalue weighted by molar-refractivity contribution is 5.72. The maximum Gasteiger partial charge on any atom is 0.310 e. The average molecular weight is 383 g/mol. The predicted molar refractivity (Wildman–Crippen MR) is 111 cm³/mol. The number of esters is 2. The summed E-state index contributed by atoms with van der Waals surface area (Å²) in [6.07, 6.45) is 2.72. The van der Waals surface area contributed by atoms with Crippen LogP contribution < -0.4 is 9.47 Å². The largest absolute Gasteiger partial charge is 0.427 e. The number of hydrogen-bond donors (Lipinski definition) is 0. The van der Waals surface area contributed by atoms with Crippen LogP contribution in [0.5, 0.6) is 11.5 Å². The van der Waals surface area contributed by atoms with Crippen LogP contribution in [-0.2, 0) is 9.59 Å². The maximum absolute atomic E-state index is 11.5. The molecule has 0 aliphatic carbocycles. The van der Waals surface area contributed by atoms with Gasteiger partial charge in [-0.05, 0) is 60.1 Å². The Hall–Kier alpha value is -2.62. The van der Waals surface area contributed by atoms with Crippen molar-refractivity contribution >= 4 is 11.9 Å². The Morgan fingerprint density at radius 1 is 0.643 bits per heavy atom. The van der Waals surface area contributed by atoms with Crippen LogP contribution in [0.4, 0.5) is 0 Å². The van der Waals surface area contributed by atoms with E-state index in [0.717, 1.165) is 12.8 Å². The minimum absolute atomic E-state index is 0.227. The van der Waals surface area contributed by atoms with E-state index in [9.17, 15) is 9.59 Å². The zero-order valence-corrected chi connectivity index (χ0v) is 17.2. The number of carbonyl (C=O) groups is 2. The molecule has 0 aliphatic heterocycles. The molecular formula is C24H30O4. The van der Waals surface area contributed by atoms with E-state index in [1.165, 1.54) is 11.1 Å². The third-order valence-electron chi connectivity index (χ3n) is 5.02. The second-order valence-electron chi connectivity index (χ2n) is 6.82. The molecule has 0 N–H and O–H groups in total. The lowest BCUT2D eigenvalue weighted by Gasteiger charge is -2.26. The van der Waals surface area contributed by atoms with Gasteiger partial charge in [-0.2, -0.15) is 0 Å². The van der Waals surface area contributed by atoms with Crippen LogP contribution in [0.25, 0.3) is 0 Å². The van der Waals surface area contributed by atoms with E-state index in [2.05, 4.69) is 13.8 Å². The van der Waals surface area contributed by atoms with Crippen LogP contribution in [0.2, 0.25) is 0 Å². The molecule has 28 heavy (non-hydrogen) atoms. The lowest BCUT2D eigenvalue weighted by Crippen LogP contribution is -2.11. The monoisotopic (exact) mass is 382 g/mol. The SMILES string of the molecule is CCC(=O)Oc1ccc([C@@H](CC)[C@H](CC)c2ccc(OC(=O)CC)cc2)cc1. The van der Waals surface area contributed by atoms with E-state index >= 15 is 0 Å². The lowest BCUT2D eigenvalue weighted by atomic mass is 9.78. The number of rotatable bonds is 9. The molecule has 0 spiro atoms. The van der Waals surface area contributed by atoms with Crippen molar-refractivity contribution in [3.8, 4) is 11.5 Å². The van der Waals surface area contributed by atoms with E-state index in [-0.39, 0.29) is 11.9 Å². The number of hydrogen-bond acceptors (Lipinski definition) is 4. The molecule has 2 aromatic rings. The molecule has 2 rings (SSSR count). The first-order valence-corrected chi connectivity index (χ1v) is 10.1. The zero-order chi connectivity index (χ0) is 20.5. The highest BCUT2D eigenvalue weighted by Crippen LogP contribution is 2.38. The predicted octanol–water partition coefficient (Wildman–Crippen LogP) is 6.00. The van der Waals surface area contributed by atoms with Gasteiger partial charge < -0.3 is 9.47 Å². The van der Waals surface area contributed by atoms with Crippen LogP contribution in [0.15, 0.2) is 48.5 Å². The van der Waals surface area contributed by atoms with Crippen molar-refractivity contribution in [2.24, 2.45) is 0 Å². The molecule has 0 unspecified atom stereocenters. The van der Waals surface area contributed by atoms with E-state index in [0.29, 0.717) is 36.2 Å². The molecule has 0 fully saturated rings. The Bertz CT molecular complexity index is 695. The molecule has 0 saturated carbocycles. The third kappa shape index (κ3) is 5.69. The van der Waals surface area contributed by atoms with Gasteiger partial charge in [0.25, 0.3) is 0 Å². The summed E-state index contributed by atoms with van der Waals surface area (Å²) in [4.78, 5) is 22.9. The van der Waals surface area contributed by atoms with E-state index in [1.807, 2.05) is 48.5 Å². The summed E-state index contributed by atoms with van der Waals surface area (Å²) in [5.74, 6) is 1.42. The Kier molecular flexibility index (Phi) is 8.24. The number of ether oxygens (including phenoxy) is 2. The summed E-state index contributed by atoms with van der Waals surface area (Å²) >= 11 is 0. The van der Waals surface area contributed by atoms with Crippen LogP contribution in [-0.4, -0.2) is 11.9 Å². The molecule has 4 nitrogen and oxygen atoms in total. The number of benzene rings is 2. The average Bonchev–Trinajstić information content (AvgIpc) is 2.73. The minimum atomic E-state index is -0.227. The van der Waals surface area contributed by atoms with Crippen molar-refractivity contribution in [1.29, 1.82) is 0 Å². The molecule has 0 aromatic heterocycles. The van der Waals surface area contributed by atoms with Crippen LogP contribution in [0, 0.1) is 0 Å². The fraction of sp³-hybridized carbons (Fsp3) is 0.417. The molecule has 0 radical (unpaired) electrons. The van der Waals surface area contributed by atoms with Gasteiger partial charge in [-0.15, -0.1) is 0 Å². The topological polar surface area (TPSA) is 52.6 Å². The van der Waals surface area contributed by atoms with Crippen LogP contribution in [0.1, 0.15) is 76.3 Å². The third-order valence-corrected chi connectivity index (χ3v) is 5.02. The van der Waals surface area contributed by atoms with Gasteiger partial charge in [-0.3, -0.25) is 9.59 Å². The van der Waals surface area contributed by atoms with Gasteiger partial charge in [0.1, 0.15) is 11.5 Å². The standard InChI is InChI=1S/C24H30O4/c1-5-21(17-9-13-19(14-10-17)27-23(25)7-3)22(6-2)18-11-15-20(16-12-18)28-24(26)8-4/h9-16,21-22H,5-8H2,1-4H3/t21-,22-/m1/s1. The second-order valence-corrected chi connectivity index (χ2v) is 6.82. The second kappa shape index (κ2) is 10.6. The summed E-state index contributed by atoms with van der Waals surface area (Å²) in [6.45, 7) is 7.94. The minimum Gasteiger partial charge on any atom is -0.427 e. The summed E-state index contributed by atoms with van der Waals surface area (Å²) in [6, 6.07) is 15.7. The van der Waals surface area contributed by atoms with Crippen molar-refractivity contribution < 1.29 is 19.1 Å². The van der Waals surface area contributed by atoms with Gasteiger partial charge in [0.15, 0.2) is 0 Å². The molecule has 0 heterocycles. The van der Waals surface area contributed by atoms with Crippen molar-refractivity contribution in [3.63, 3.8) is 0 Å². The molecule has 2 atom stereocenters. The summed E-state index contributed by atoms with van der Waals surface area (Å²) in [5.41, 5.74) is 2.46. The van der Waals surface area contributed by atoms with Crippen molar-refractivity contribution in [2.45, 2.75) is 65.2 Å². The lowest BCUT2D eigenvalue weighted by molar-refractivity contribution is -0.134. The highest BCUT2D eigenvalue weighted by atomic mass is 16.5. The van der Waals surface area contributed by atoms with Gasteiger partial charge in [0, 0.05) is 12.8 Å². The van der Waals surface area contributed by atoms with Crippen LogP contribution in [0.3, 0.4) is 0 Å². The van der Waals surface area contributed by atoms with Crippen molar-refractivity contribution in [3.05, 3.63) is 59.7 Å². The van der Waals surface area contributed by atoms with E-state index < -0.39 is 0 Å². The summed E-state index contributed by atoms with van der Waals surface area (Å²) in [5, 5.41) is 0. The Morgan fingerprint density at radius 2 is 0.964 bits per heavy atom. The van der Waals surface area contributed by atoms with Crippen molar-refractivity contribution in [2.75, 3.05) is 0 Å². The molecule has 4 heteroatoms. The van der Waals surface area contributed by atoms with Gasteiger partial charge in [0.05, 0.1) is 0 Å². The summed E-state index contributed by atoms with van der Waals surface area (Å²) < 4.78 is 10.6. The van der Waals surface area contributed by atoms with E-state index in [4.69, 9.17) is 9.47 Å². The Labute approximate surface area is 167 Å². The molecule has 0 amide bonds. The molecule has 150 valence electrons. The molecule has 0 aliphatic rings. The molecule has 0 saturated heterocycles.